The van der Waals surface area contributed by atoms with E-state index in [4.69, 9.17) is 9.15 Å². The van der Waals surface area contributed by atoms with Gasteiger partial charge in [0.15, 0.2) is 0 Å². The topological polar surface area (TPSA) is 93.0 Å². The monoisotopic (exact) mass is 553 g/mol. The molecule has 206 valence electrons. The number of furan rings is 1. The molecule has 0 radical (unpaired) electrons. The van der Waals surface area contributed by atoms with Crippen LogP contribution in [0.25, 0.3) is 10.9 Å². The first-order valence-electron chi connectivity index (χ1n) is 12.8. The summed E-state index contributed by atoms with van der Waals surface area (Å²) in [5.41, 5.74) is 1.05. The maximum atomic E-state index is 13.9. The van der Waals surface area contributed by atoms with Crippen LogP contribution in [0.3, 0.4) is 0 Å². The van der Waals surface area contributed by atoms with Gasteiger partial charge < -0.3 is 14.1 Å². The summed E-state index contributed by atoms with van der Waals surface area (Å²) in [7, 11) is -4.10. The van der Waals surface area contributed by atoms with Gasteiger partial charge in [-0.2, -0.15) is 4.31 Å². The number of nitrogens with zero attached hydrogens (tertiary/aromatic N) is 3. The molecule has 0 fully saturated rings. The molecule has 1 amide bonds. The van der Waals surface area contributed by atoms with Crippen LogP contribution >= 0.6 is 0 Å². The normalized spacial score (nSPS) is 11.8. The summed E-state index contributed by atoms with van der Waals surface area (Å²) < 4.78 is 53.7. The smallest absolute Gasteiger partial charge is 0.245 e. The van der Waals surface area contributed by atoms with Crippen LogP contribution in [-0.2, 0) is 32.6 Å². The van der Waals surface area contributed by atoms with Crippen molar-refractivity contribution in [3.8, 4) is 0 Å². The Hall–Kier alpha value is -3.60. The Morgan fingerprint density at radius 2 is 1.79 bits per heavy atom. The molecule has 0 aliphatic heterocycles. The predicted octanol–water partition coefficient (Wildman–Crippen LogP) is 4.92. The van der Waals surface area contributed by atoms with Crippen molar-refractivity contribution in [3.63, 3.8) is 0 Å². The van der Waals surface area contributed by atoms with Crippen molar-refractivity contribution in [1.29, 1.82) is 0 Å². The number of carbonyl (C=O) groups is 1. The average molecular weight is 554 g/mol. The Balaban J connectivity index is 1.64. The van der Waals surface area contributed by atoms with Gasteiger partial charge in [-0.3, -0.25) is 9.78 Å². The minimum Gasteiger partial charge on any atom is -0.464 e. The standard InChI is InChI=1S/C29H32FN3O5S/c1-3-37-18-6-17-33(39(35,36)27-9-4-7-24-8-5-16-31-29(24)27)21-28(34)32(20-26-15-10-22(2)38-26)19-23-11-13-25(30)14-12-23/h4-5,7-16H,3,6,17-21H2,1-2H3. The number of hydrogen-bond donors (Lipinski definition) is 0. The molecular formula is C29H32FN3O5S. The van der Waals surface area contributed by atoms with Crippen molar-refractivity contribution in [2.45, 2.75) is 38.3 Å². The second-order valence-corrected chi connectivity index (χ2v) is 11.0. The van der Waals surface area contributed by atoms with Crippen LogP contribution in [0.4, 0.5) is 4.39 Å². The minimum absolute atomic E-state index is 0.0385. The van der Waals surface area contributed by atoms with Gasteiger partial charge in [0.05, 0.1) is 18.6 Å². The second kappa shape index (κ2) is 13.0. The van der Waals surface area contributed by atoms with E-state index in [2.05, 4.69) is 4.98 Å². The van der Waals surface area contributed by atoms with Gasteiger partial charge in [0.2, 0.25) is 15.9 Å². The third-order valence-corrected chi connectivity index (χ3v) is 8.08. The van der Waals surface area contributed by atoms with Crippen LogP contribution < -0.4 is 0 Å². The summed E-state index contributed by atoms with van der Waals surface area (Å²) in [6, 6.07) is 17.9. The zero-order valence-electron chi connectivity index (χ0n) is 22.0. The highest BCUT2D eigenvalue weighted by atomic mass is 32.2. The second-order valence-electron chi connectivity index (χ2n) is 9.11. The summed E-state index contributed by atoms with van der Waals surface area (Å²) in [4.78, 5) is 19.6. The number of benzene rings is 2. The van der Waals surface area contributed by atoms with Gasteiger partial charge in [-0.05, 0) is 62.2 Å². The summed E-state index contributed by atoms with van der Waals surface area (Å²) >= 11 is 0. The zero-order valence-corrected chi connectivity index (χ0v) is 22.9. The Bertz CT molecular complexity index is 1500. The van der Waals surface area contributed by atoms with Crippen LogP contribution in [0.15, 0.2) is 82.2 Å². The Kier molecular flexibility index (Phi) is 9.45. The lowest BCUT2D eigenvalue weighted by molar-refractivity contribution is -0.133. The number of para-hydroxylation sites is 1. The van der Waals surface area contributed by atoms with Crippen molar-refractivity contribution in [3.05, 3.63) is 95.8 Å². The molecule has 0 bridgehead atoms. The number of amides is 1. The lowest BCUT2D eigenvalue weighted by Gasteiger charge is -2.27. The third-order valence-electron chi connectivity index (χ3n) is 6.21. The van der Waals surface area contributed by atoms with Gasteiger partial charge in [0, 0.05) is 37.9 Å². The Morgan fingerprint density at radius 1 is 1.03 bits per heavy atom. The lowest BCUT2D eigenvalue weighted by Crippen LogP contribution is -2.43. The molecule has 0 unspecified atom stereocenters. The van der Waals surface area contributed by atoms with Crippen molar-refractivity contribution in [2.75, 3.05) is 26.3 Å². The van der Waals surface area contributed by atoms with Crippen molar-refractivity contribution in [1.82, 2.24) is 14.2 Å². The molecule has 2 aromatic heterocycles. The molecule has 39 heavy (non-hydrogen) atoms. The number of hydrogen-bond acceptors (Lipinski definition) is 6. The fraction of sp³-hybridized carbons (Fsp3) is 0.310. The van der Waals surface area contributed by atoms with E-state index in [1.165, 1.54) is 27.4 Å². The molecule has 4 aromatic rings. The largest absolute Gasteiger partial charge is 0.464 e. The molecule has 0 saturated carbocycles. The molecule has 0 aliphatic carbocycles. The molecule has 0 spiro atoms. The van der Waals surface area contributed by atoms with Gasteiger partial charge in [0.25, 0.3) is 0 Å². The minimum atomic E-state index is -4.10. The SMILES string of the molecule is CCOCCCN(CC(=O)N(Cc1ccc(F)cc1)Cc1ccc(C)o1)S(=O)(=O)c1cccc2cccnc12. The van der Waals surface area contributed by atoms with Crippen LogP contribution in [0, 0.1) is 12.7 Å². The first-order chi connectivity index (χ1) is 18.8. The molecule has 0 saturated heterocycles. The number of sulfonamides is 1. The summed E-state index contributed by atoms with van der Waals surface area (Å²) in [6.07, 6.45) is 1.95. The number of carbonyl (C=O) groups excluding carboxylic acids is 1. The molecule has 0 atom stereocenters. The van der Waals surface area contributed by atoms with Gasteiger partial charge in [0.1, 0.15) is 22.2 Å². The van der Waals surface area contributed by atoms with Crippen LogP contribution in [-0.4, -0.2) is 54.8 Å². The molecule has 0 N–H and O–H groups in total. The van der Waals surface area contributed by atoms with Gasteiger partial charge in [-0.25, -0.2) is 12.8 Å². The molecule has 2 heterocycles. The van der Waals surface area contributed by atoms with E-state index in [-0.39, 0.29) is 30.3 Å². The van der Waals surface area contributed by atoms with E-state index in [1.54, 1.807) is 61.7 Å². The summed E-state index contributed by atoms with van der Waals surface area (Å²) in [5.74, 6) is 0.463. The highest BCUT2D eigenvalue weighted by Gasteiger charge is 2.30. The molecule has 2 aromatic carbocycles. The molecule has 8 nitrogen and oxygen atoms in total. The molecule has 4 rings (SSSR count). The quantitative estimate of drug-likeness (QED) is 0.218. The van der Waals surface area contributed by atoms with Crippen molar-refractivity contribution in [2.24, 2.45) is 0 Å². The summed E-state index contributed by atoms with van der Waals surface area (Å²) in [6.45, 7) is 4.51. The van der Waals surface area contributed by atoms with Crippen LogP contribution in [0.2, 0.25) is 0 Å². The number of aromatic nitrogens is 1. The maximum Gasteiger partial charge on any atom is 0.245 e. The fourth-order valence-corrected chi connectivity index (χ4v) is 5.84. The van der Waals surface area contributed by atoms with E-state index >= 15 is 0 Å². The number of halogens is 1. The maximum absolute atomic E-state index is 13.9. The number of rotatable bonds is 13. The Morgan fingerprint density at radius 3 is 2.51 bits per heavy atom. The fourth-order valence-electron chi connectivity index (χ4n) is 4.25. The van der Waals surface area contributed by atoms with E-state index in [0.29, 0.717) is 47.6 Å². The highest BCUT2D eigenvalue weighted by Crippen LogP contribution is 2.25. The summed E-state index contributed by atoms with van der Waals surface area (Å²) in [5, 5.41) is 0.685. The predicted molar refractivity (Wildman–Crippen MR) is 146 cm³/mol. The number of ether oxygens (including phenoxy) is 1. The average Bonchev–Trinajstić information content (AvgIpc) is 3.35. The van der Waals surface area contributed by atoms with Crippen LogP contribution in [0.1, 0.15) is 30.4 Å². The first kappa shape index (κ1) is 28.4. The highest BCUT2D eigenvalue weighted by molar-refractivity contribution is 7.89. The van der Waals surface area contributed by atoms with Gasteiger partial charge in [-0.1, -0.05) is 30.3 Å². The lowest BCUT2D eigenvalue weighted by atomic mass is 10.2. The molecule has 10 heteroatoms. The first-order valence-corrected chi connectivity index (χ1v) is 14.2. The third kappa shape index (κ3) is 7.29. The number of fused-ring (bicyclic) bond motifs is 1. The Labute approximate surface area is 228 Å². The van der Waals surface area contributed by atoms with E-state index < -0.39 is 22.5 Å². The van der Waals surface area contributed by atoms with Crippen molar-refractivity contribution < 1.29 is 26.8 Å². The van der Waals surface area contributed by atoms with E-state index in [0.717, 1.165) is 0 Å². The molecule has 0 aliphatic rings. The zero-order chi connectivity index (χ0) is 27.8. The number of aryl methyl sites for hydroxylation is 1. The van der Waals surface area contributed by atoms with Crippen molar-refractivity contribution >= 4 is 26.8 Å². The van der Waals surface area contributed by atoms with Gasteiger partial charge in [-0.15, -0.1) is 0 Å². The van der Waals surface area contributed by atoms with E-state index in [9.17, 15) is 17.6 Å². The van der Waals surface area contributed by atoms with Gasteiger partial charge >= 0.3 is 0 Å². The van der Waals surface area contributed by atoms with Crippen LogP contribution in [0.5, 0.6) is 0 Å². The van der Waals surface area contributed by atoms with E-state index in [1.807, 2.05) is 6.92 Å². The molecular weight excluding hydrogens is 521 g/mol. The number of pyridine rings is 1.